The summed E-state index contributed by atoms with van der Waals surface area (Å²) in [5, 5.41) is 23.9. The van der Waals surface area contributed by atoms with Crippen LogP contribution >= 0.6 is 0 Å². The number of phenols is 2. The summed E-state index contributed by atoms with van der Waals surface area (Å²) in [7, 11) is -3.43. The van der Waals surface area contributed by atoms with Gasteiger partial charge in [0.2, 0.25) is 0 Å². The molecular weight excluding hydrogens is 696 g/mol. The summed E-state index contributed by atoms with van der Waals surface area (Å²) in [4.78, 5) is 0. The minimum absolute atomic E-state index is 0. The predicted octanol–water partition coefficient (Wildman–Crippen LogP) is 8.95. The van der Waals surface area contributed by atoms with E-state index in [4.69, 9.17) is 0 Å². The van der Waals surface area contributed by atoms with Crippen molar-refractivity contribution in [1.29, 1.82) is 0 Å². The minimum Gasteiger partial charge on any atom is -0.508 e. The van der Waals surface area contributed by atoms with Gasteiger partial charge >= 0.3 is 0 Å². The molecule has 4 nitrogen and oxygen atoms in total. The fourth-order valence-corrected chi connectivity index (χ4v) is 20.1. The molecule has 0 radical (unpaired) electrons. The van der Waals surface area contributed by atoms with Gasteiger partial charge in [-0.25, -0.2) is 0 Å². The first-order chi connectivity index (χ1) is 19.2. The van der Waals surface area contributed by atoms with Gasteiger partial charge in [0.25, 0.3) is 0 Å². The first kappa shape index (κ1) is 54.6. The maximum absolute atomic E-state index is 10.7. The molecule has 2 aliphatic carbocycles. The summed E-state index contributed by atoms with van der Waals surface area (Å²) >= 11 is 0. The van der Waals surface area contributed by atoms with Crippen molar-refractivity contribution in [3.8, 4) is 11.5 Å². The zero-order valence-corrected chi connectivity index (χ0v) is 39.1. The van der Waals surface area contributed by atoms with Gasteiger partial charge in [0, 0.05) is 43.4 Å². The fraction of sp³-hybridized carbons (Fsp3) is 0.650. The molecular formula is C40H74O4Si2Ti2-2. The molecule has 0 spiro atoms. The van der Waals surface area contributed by atoms with Crippen LogP contribution in [0.4, 0.5) is 0 Å². The van der Waals surface area contributed by atoms with Gasteiger partial charge in [-0.3, -0.25) is 0 Å². The molecule has 0 heterocycles. The van der Waals surface area contributed by atoms with E-state index in [0.29, 0.717) is 11.5 Å². The molecule has 0 aliphatic heterocycles. The normalized spacial score (nSPS) is 29.2. The summed E-state index contributed by atoms with van der Waals surface area (Å²) in [6, 6.07) is 8.69. The van der Waals surface area contributed by atoms with E-state index in [1.807, 2.05) is 13.8 Å². The number of phenolic OH excluding ortho intramolecular Hbond substituents is 2. The molecule has 8 heteroatoms. The Morgan fingerprint density at radius 1 is 0.438 bits per heavy atom. The second kappa shape index (κ2) is 20.2. The quantitative estimate of drug-likeness (QED) is 0.240. The molecule has 8 atom stereocenters. The van der Waals surface area contributed by atoms with Crippen molar-refractivity contribution in [3.63, 3.8) is 0 Å². The van der Waals surface area contributed by atoms with Gasteiger partial charge in [-0.2, -0.15) is 0 Å². The molecule has 0 bridgehead atoms. The zero-order chi connectivity index (χ0) is 32.2. The smallest absolute Gasteiger partial charge is 0.117 e. The molecule has 2 saturated carbocycles. The van der Waals surface area contributed by atoms with Crippen molar-refractivity contribution in [2.24, 2.45) is 47.3 Å². The second-order valence-electron chi connectivity index (χ2n) is 16.3. The van der Waals surface area contributed by atoms with E-state index >= 15 is 0 Å². The SMILES string of the molecule is Cc1cc(C)c(O)c([Si](C)(C)C2C(C)C(C)C(C)C2C)c1.Cc1cc(C)c(O)c([Si](C)(C)C2C(C)C(C)C(C)C2C)c1.O.O.[CH3-].[CH3-].[Ti].[Ti]. The molecule has 0 saturated heterocycles. The third-order valence-corrected chi connectivity index (χ3v) is 22.2. The Balaban J connectivity index is -0.000000359. The van der Waals surface area contributed by atoms with Gasteiger partial charge < -0.3 is 36.0 Å². The summed E-state index contributed by atoms with van der Waals surface area (Å²) in [6.45, 7) is 37.6. The molecule has 2 aliphatic rings. The first-order valence-electron chi connectivity index (χ1n) is 16.8. The number of hydrogen-bond donors (Lipinski definition) is 2. The topological polar surface area (TPSA) is 103 Å². The number of aromatic hydroxyl groups is 2. The predicted molar refractivity (Wildman–Crippen MR) is 210 cm³/mol. The van der Waals surface area contributed by atoms with Crippen LogP contribution in [0.2, 0.25) is 37.3 Å². The average Bonchev–Trinajstić information content (AvgIpc) is 3.21. The summed E-state index contributed by atoms with van der Waals surface area (Å²) in [6.07, 6.45) is 0. The molecule has 0 aromatic heterocycles. The van der Waals surface area contributed by atoms with Crippen molar-refractivity contribution in [3.05, 3.63) is 61.4 Å². The standard InChI is InChI=1S/2C19H32OSi.2CH3.2H2O.2Ti/c2*1-11-9-12(2)18(20)17(10-11)21(7,8)19-15(5)13(3)14(4)16(19)6;;;;;;/h2*9-10,13-16,19-20H,1-8H3;2*1H3;2*1H2;;/q;;2*-1;;;;. The van der Waals surface area contributed by atoms with Crippen LogP contribution in [0.3, 0.4) is 0 Å². The van der Waals surface area contributed by atoms with Crippen LogP contribution in [-0.4, -0.2) is 37.3 Å². The van der Waals surface area contributed by atoms with Crippen molar-refractivity contribution < 1.29 is 64.6 Å². The molecule has 276 valence electrons. The molecule has 0 amide bonds. The van der Waals surface area contributed by atoms with Crippen molar-refractivity contribution in [1.82, 2.24) is 0 Å². The molecule has 2 aromatic carbocycles. The third kappa shape index (κ3) is 10.0. The van der Waals surface area contributed by atoms with Crippen molar-refractivity contribution in [2.45, 2.75) is 120 Å². The van der Waals surface area contributed by atoms with E-state index < -0.39 is 16.1 Å². The Kier molecular flexibility index (Phi) is 22.9. The minimum atomic E-state index is -1.71. The summed E-state index contributed by atoms with van der Waals surface area (Å²) in [5.74, 6) is 7.24. The molecule has 2 fully saturated rings. The Morgan fingerprint density at radius 2 is 0.646 bits per heavy atom. The van der Waals surface area contributed by atoms with Gasteiger partial charge in [-0.05, 0) is 108 Å². The van der Waals surface area contributed by atoms with Crippen molar-refractivity contribution >= 4 is 26.5 Å². The third-order valence-electron chi connectivity index (χ3n) is 13.2. The van der Waals surface area contributed by atoms with Gasteiger partial charge in [0.05, 0.1) is 16.1 Å². The Hall–Kier alpha value is -0.178. The van der Waals surface area contributed by atoms with Crippen LogP contribution in [0.1, 0.15) is 77.6 Å². The maximum Gasteiger partial charge on any atom is 0.117 e. The first-order valence-corrected chi connectivity index (χ1v) is 22.9. The van der Waals surface area contributed by atoms with E-state index in [-0.39, 0.29) is 69.2 Å². The maximum atomic E-state index is 10.7. The monoisotopic (exact) mass is 770 g/mol. The summed E-state index contributed by atoms with van der Waals surface area (Å²) < 4.78 is 0. The molecule has 2 aromatic rings. The van der Waals surface area contributed by atoms with E-state index in [0.717, 1.165) is 69.6 Å². The van der Waals surface area contributed by atoms with E-state index in [1.165, 1.54) is 21.5 Å². The number of rotatable bonds is 4. The summed E-state index contributed by atoms with van der Waals surface area (Å²) in [5.41, 5.74) is 6.11. The van der Waals surface area contributed by atoms with Crippen LogP contribution in [-0.2, 0) is 43.4 Å². The molecule has 8 unspecified atom stereocenters. The molecule has 4 rings (SSSR count). The van der Waals surface area contributed by atoms with Gasteiger partial charge in [-0.1, -0.05) is 117 Å². The van der Waals surface area contributed by atoms with Gasteiger partial charge in [0.15, 0.2) is 0 Å². The zero-order valence-electron chi connectivity index (χ0n) is 34.0. The van der Waals surface area contributed by atoms with Gasteiger partial charge in [0.1, 0.15) is 11.5 Å². The number of hydrogen-bond acceptors (Lipinski definition) is 2. The fourth-order valence-electron chi connectivity index (χ4n) is 10.1. The van der Waals surface area contributed by atoms with E-state index in [9.17, 15) is 10.2 Å². The molecule has 48 heavy (non-hydrogen) atoms. The Bertz CT molecular complexity index is 1160. The van der Waals surface area contributed by atoms with Crippen LogP contribution in [0.5, 0.6) is 11.5 Å². The average molecular weight is 771 g/mol. The second-order valence-corrected chi connectivity index (χ2v) is 25.6. The Labute approximate surface area is 329 Å². The van der Waals surface area contributed by atoms with Crippen LogP contribution in [0, 0.1) is 89.9 Å². The largest absolute Gasteiger partial charge is 0.508 e. The van der Waals surface area contributed by atoms with Crippen LogP contribution in [0.15, 0.2) is 24.3 Å². The Morgan fingerprint density at radius 3 is 0.854 bits per heavy atom. The van der Waals surface area contributed by atoms with Gasteiger partial charge in [-0.15, -0.1) is 0 Å². The number of benzene rings is 2. The number of aryl methyl sites for hydroxylation is 4. The molecule has 6 N–H and O–H groups in total. The van der Waals surface area contributed by atoms with Crippen LogP contribution in [0.25, 0.3) is 0 Å². The van der Waals surface area contributed by atoms with E-state index in [2.05, 4.69) is 120 Å². The van der Waals surface area contributed by atoms with Crippen LogP contribution < -0.4 is 10.4 Å². The van der Waals surface area contributed by atoms with E-state index in [1.54, 1.807) is 0 Å². The van der Waals surface area contributed by atoms with Crippen molar-refractivity contribution in [2.75, 3.05) is 0 Å².